The first-order chi connectivity index (χ1) is 12.9. The second-order valence-electron chi connectivity index (χ2n) is 6.39. The first-order valence-electron chi connectivity index (χ1n) is 8.55. The normalized spacial score (nSPS) is 16.3. The third kappa shape index (κ3) is 4.36. The molecule has 1 aliphatic heterocycles. The maximum Gasteiger partial charge on any atom is 0.241 e. The van der Waals surface area contributed by atoms with E-state index >= 15 is 0 Å². The molecule has 1 heterocycles. The molecule has 1 atom stereocenters. The number of rotatable bonds is 4. The van der Waals surface area contributed by atoms with E-state index in [1.165, 1.54) is 0 Å². The van der Waals surface area contributed by atoms with E-state index in [-0.39, 0.29) is 5.69 Å². The van der Waals surface area contributed by atoms with Crippen LogP contribution in [0.25, 0.3) is 0 Å². The van der Waals surface area contributed by atoms with Crippen LogP contribution in [-0.4, -0.2) is 43.0 Å². The van der Waals surface area contributed by atoms with Crippen LogP contribution in [0.15, 0.2) is 36.4 Å². The highest BCUT2D eigenvalue weighted by molar-refractivity contribution is 6.30. The lowest BCUT2D eigenvalue weighted by Gasteiger charge is -2.38. The molecule has 144 valence electrons. The Kier molecular flexibility index (Phi) is 5.92. The van der Waals surface area contributed by atoms with Crippen molar-refractivity contribution in [1.82, 2.24) is 4.90 Å². The van der Waals surface area contributed by atoms with E-state index in [1.807, 2.05) is 29.2 Å². The Morgan fingerprint density at radius 1 is 1.07 bits per heavy atom. The van der Waals surface area contributed by atoms with Crippen LogP contribution in [0.4, 0.5) is 24.5 Å². The van der Waals surface area contributed by atoms with Crippen molar-refractivity contribution in [2.45, 2.75) is 13.0 Å². The van der Waals surface area contributed by atoms with Gasteiger partial charge in [0.2, 0.25) is 5.91 Å². The lowest BCUT2D eigenvalue weighted by Crippen LogP contribution is -2.52. The minimum Gasteiger partial charge on any atom is -0.369 e. The average Bonchev–Trinajstić information content (AvgIpc) is 2.68. The second-order valence-corrected chi connectivity index (χ2v) is 6.83. The Bertz CT molecular complexity index is 841. The van der Waals surface area contributed by atoms with Crippen LogP contribution in [-0.2, 0) is 4.79 Å². The number of piperazine rings is 1. The summed E-state index contributed by atoms with van der Waals surface area (Å²) in [4.78, 5) is 16.5. The molecule has 27 heavy (non-hydrogen) atoms. The molecule has 0 unspecified atom stereocenters. The number of hydrogen-bond acceptors (Lipinski definition) is 3. The summed E-state index contributed by atoms with van der Waals surface area (Å²) in [6, 6.07) is 8.81. The van der Waals surface area contributed by atoms with Crippen molar-refractivity contribution in [2.24, 2.45) is 0 Å². The number of hydrogen-bond donors (Lipinski definition) is 1. The highest BCUT2D eigenvalue weighted by atomic mass is 35.5. The summed E-state index contributed by atoms with van der Waals surface area (Å²) in [5, 5.41) is 3.00. The van der Waals surface area contributed by atoms with Gasteiger partial charge in [-0.1, -0.05) is 17.7 Å². The number of benzene rings is 2. The fourth-order valence-corrected chi connectivity index (χ4v) is 3.25. The maximum absolute atomic E-state index is 13.7. The molecule has 8 heteroatoms. The Morgan fingerprint density at radius 3 is 2.44 bits per heavy atom. The molecule has 1 N–H and O–H groups in total. The van der Waals surface area contributed by atoms with Crippen LogP contribution < -0.4 is 10.2 Å². The molecule has 0 spiro atoms. The van der Waals surface area contributed by atoms with Gasteiger partial charge in [0.25, 0.3) is 0 Å². The number of nitrogens with one attached hydrogen (secondary N) is 1. The quantitative estimate of drug-likeness (QED) is 0.795. The van der Waals surface area contributed by atoms with E-state index < -0.39 is 29.4 Å². The van der Waals surface area contributed by atoms with Crippen molar-refractivity contribution in [3.05, 3.63) is 58.9 Å². The van der Waals surface area contributed by atoms with Crippen molar-refractivity contribution < 1.29 is 18.0 Å². The molecule has 3 rings (SSSR count). The Labute approximate surface area is 160 Å². The van der Waals surface area contributed by atoms with Crippen molar-refractivity contribution in [3.63, 3.8) is 0 Å². The second kappa shape index (κ2) is 8.19. The summed E-state index contributed by atoms with van der Waals surface area (Å²) in [7, 11) is 0. The summed E-state index contributed by atoms with van der Waals surface area (Å²) in [5.74, 6) is -4.77. The molecule has 2 aromatic rings. The SMILES string of the molecule is C[C@H](C(=O)Nc1ccc(F)c(F)c1F)N1CCN(c2cccc(Cl)c2)CC1. The number of halogens is 4. The summed E-state index contributed by atoms with van der Waals surface area (Å²) in [5.41, 5.74) is 0.645. The average molecular weight is 398 g/mol. The number of carbonyl (C=O) groups excluding carboxylic acids is 1. The van der Waals surface area contributed by atoms with E-state index in [4.69, 9.17) is 11.6 Å². The molecule has 2 aromatic carbocycles. The zero-order chi connectivity index (χ0) is 19.6. The number of anilines is 2. The van der Waals surface area contributed by atoms with Gasteiger partial charge in [-0.05, 0) is 37.3 Å². The fourth-order valence-electron chi connectivity index (χ4n) is 3.07. The predicted molar refractivity (Wildman–Crippen MR) is 99.6 cm³/mol. The molecule has 0 saturated carbocycles. The smallest absolute Gasteiger partial charge is 0.241 e. The summed E-state index contributed by atoms with van der Waals surface area (Å²) in [6.07, 6.45) is 0. The van der Waals surface area contributed by atoms with Gasteiger partial charge in [0.05, 0.1) is 11.7 Å². The van der Waals surface area contributed by atoms with Crippen molar-refractivity contribution in [2.75, 3.05) is 36.4 Å². The predicted octanol–water partition coefficient (Wildman–Crippen LogP) is 3.91. The van der Waals surface area contributed by atoms with Crippen LogP contribution in [0.1, 0.15) is 6.92 Å². The Balaban J connectivity index is 1.59. The monoisotopic (exact) mass is 397 g/mol. The largest absolute Gasteiger partial charge is 0.369 e. The van der Waals surface area contributed by atoms with Crippen LogP contribution in [0.3, 0.4) is 0 Å². The topological polar surface area (TPSA) is 35.6 Å². The van der Waals surface area contributed by atoms with Crippen LogP contribution >= 0.6 is 11.6 Å². The van der Waals surface area contributed by atoms with Gasteiger partial charge in [-0.2, -0.15) is 0 Å². The van der Waals surface area contributed by atoms with E-state index in [2.05, 4.69) is 10.2 Å². The summed E-state index contributed by atoms with van der Waals surface area (Å²) in [6.45, 7) is 4.36. The van der Waals surface area contributed by atoms with Gasteiger partial charge in [0.1, 0.15) is 0 Å². The first kappa shape index (κ1) is 19.5. The number of amides is 1. The van der Waals surface area contributed by atoms with Crippen LogP contribution in [0.2, 0.25) is 5.02 Å². The molecule has 0 radical (unpaired) electrons. The maximum atomic E-state index is 13.7. The minimum absolute atomic E-state index is 0.372. The van der Waals surface area contributed by atoms with Crippen molar-refractivity contribution >= 4 is 28.9 Å². The molecule has 0 aromatic heterocycles. The van der Waals surface area contributed by atoms with Gasteiger partial charge in [-0.15, -0.1) is 0 Å². The molecule has 1 fully saturated rings. The van der Waals surface area contributed by atoms with E-state index in [0.29, 0.717) is 31.2 Å². The van der Waals surface area contributed by atoms with Gasteiger partial charge in [-0.25, -0.2) is 13.2 Å². The van der Waals surface area contributed by atoms with Crippen LogP contribution in [0, 0.1) is 17.5 Å². The molecule has 0 bridgehead atoms. The van der Waals surface area contributed by atoms with Crippen molar-refractivity contribution in [1.29, 1.82) is 0 Å². The van der Waals surface area contributed by atoms with Gasteiger partial charge in [0.15, 0.2) is 17.5 Å². The summed E-state index contributed by atoms with van der Waals surface area (Å²) >= 11 is 6.02. The van der Waals surface area contributed by atoms with Gasteiger partial charge < -0.3 is 10.2 Å². The molecular weight excluding hydrogens is 379 g/mol. The number of carbonyl (C=O) groups is 1. The zero-order valence-corrected chi connectivity index (χ0v) is 15.4. The van der Waals surface area contributed by atoms with Crippen LogP contribution in [0.5, 0.6) is 0 Å². The first-order valence-corrected chi connectivity index (χ1v) is 8.93. The fraction of sp³-hybridized carbons (Fsp3) is 0.316. The molecule has 1 amide bonds. The number of nitrogens with zero attached hydrogens (tertiary/aromatic N) is 2. The standard InChI is InChI=1S/C19H19ClF3N3O/c1-12(19(27)24-16-6-5-15(21)17(22)18(16)23)25-7-9-26(10-8-25)14-4-2-3-13(20)11-14/h2-6,11-12H,7-10H2,1H3,(H,24,27)/t12-/m1/s1. The van der Waals surface area contributed by atoms with E-state index in [9.17, 15) is 18.0 Å². The molecule has 1 aliphatic rings. The van der Waals surface area contributed by atoms with Gasteiger partial charge in [-0.3, -0.25) is 9.69 Å². The lowest BCUT2D eigenvalue weighted by molar-refractivity contribution is -0.120. The van der Waals surface area contributed by atoms with Gasteiger partial charge >= 0.3 is 0 Å². The highest BCUT2D eigenvalue weighted by Gasteiger charge is 2.27. The highest BCUT2D eigenvalue weighted by Crippen LogP contribution is 2.22. The van der Waals surface area contributed by atoms with Crippen molar-refractivity contribution in [3.8, 4) is 0 Å². The van der Waals surface area contributed by atoms with E-state index in [0.717, 1.165) is 17.8 Å². The van der Waals surface area contributed by atoms with E-state index in [1.54, 1.807) is 6.92 Å². The minimum atomic E-state index is -1.60. The third-order valence-corrected chi connectivity index (χ3v) is 4.94. The Hall–Kier alpha value is -2.25. The van der Waals surface area contributed by atoms with Gasteiger partial charge in [0, 0.05) is 36.9 Å². The zero-order valence-electron chi connectivity index (χ0n) is 14.7. The molecule has 0 aliphatic carbocycles. The molecule has 4 nitrogen and oxygen atoms in total. The Morgan fingerprint density at radius 2 is 1.78 bits per heavy atom. The summed E-state index contributed by atoms with van der Waals surface area (Å²) < 4.78 is 40.0. The third-order valence-electron chi connectivity index (χ3n) is 4.71. The lowest BCUT2D eigenvalue weighted by atomic mass is 10.2. The molecular formula is C19H19ClF3N3O. The molecule has 1 saturated heterocycles.